The van der Waals surface area contributed by atoms with Crippen molar-refractivity contribution in [1.82, 2.24) is 4.90 Å². The minimum atomic E-state index is -1.05. The molecule has 1 atom stereocenters. The Balaban J connectivity index is 1.94. The molecule has 7 nitrogen and oxygen atoms in total. The predicted molar refractivity (Wildman–Crippen MR) is 108 cm³/mol. The van der Waals surface area contributed by atoms with Crippen LogP contribution in [-0.4, -0.2) is 42.8 Å². The molecule has 0 fully saturated rings. The van der Waals surface area contributed by atoms with Crippen molar-refractivity contribution in [3.63, 3.8) is 0 Å². The van der Waals surface area contributed by atoms with Crippen LogP contribution in [0.1, 0.15) is 23.6 Å². The molecule has 2 aromatic carbocycles. The Morgan fingerprint density at radius 2 is 1.93 bits per heavy atom. The Bertz CT molecular complexity index is 953. The normalized spacial score (nSPS) is 15.4. The van der Waals surface area contributed by atoms with Gasteiger partial charge in [-0.3, -0.25) is 4.79 Å². The number of nitrogens with zero attached hydrogens (tertiary/aromatic N) is 1. The molecule has 1 unspecified atom stereocenters. The summed E-state index contributed by atoms with van der Waals surface area (Å²) in [7, 11) is 3.01. The Labute approximate surface area is 175 Å². The number of carbonyl (C=O) groups excluding carboxylic acids is 1. The summed E-state index contributed by atoms with van der Waals surface area (Å²) in [6.45, 7) is 0.282. The maximum atomic E-state index is 14.1. The number of fused-ring (bicyclic) bond motifs is 1. The number of carbonyl (C=O) groups is 2. The SMILES string of the molecule is COc1cc2c(cc1OC)C(CC(=O)O)N(C(=O)Nc1ccc(Br)cc1F)CC2. The number of ether oxygens (including phenoxy) is 2. The average Bonchev–Trinajstić information content (AvgIpc) is 2.68. The van der Waals surface area contributed by atoms with Crippen LogP contribution in [0.3, 0.4) is 0 Å². The molecule has 1 aliphatic rings. The van der Waals surface area contributed by atoms with E-state index in [2.05, 4.69) is 21.2 Å². The van der Waals surface area contributed by atoms with E-state index in [1.165, 1.54) is 31.3 Å². The van der Waals surface area contributed by atoms with Gasteiger partial charge in [-0.05, 0) is 47.9 Å². The number of urea groups is 1. The quantitative estimate of drug-likeness (QED) is 0.688. The van der Waals surface area contributed by atoms with Gasteiger partial charge in [0.1, 0.15) is 5.82 Å². The summed E-state index contributed by atoms with van der Waals surface area (Å²) in [6, 6.07) is 6.49. The van der Waals surface area contributed by atoms with Crippen molar-refractivity contribution in [2.24, 2.45) is 0 Å². The van der Waals surface area contributed by atoms with Gasteiger partial charge in [-0.25, -0.2) is 9.18 Å². The van der Waals surface area contributed by atoms with Crippen LogP contribution in [0, 0.1) is 5.82 Å². The summed E-state index contributed by atoms with van der Waals surface area (Å²) >= 11 is 3.17. The zero-order valence-electron chi connectivity index (χ0n) is 15.9. The molecule has 29 heavy (non-hydrogen) atoms. The number of rotatable bonds is 5. The highest BCUT2D eigenvalue weighted by molar-refractivity contribution is 9.10. The Morgan fingerprint density at radius 3 is 2.55 bits per heavy atom. The first-order valence-electron chi connectivity index (χ1n) is 8.83. The molecule has 0 spiro atoms. The van der Waals surface area contributed by atoms with Crippen molar-refractivity contribution in [3.05, 3.63) is 51.7 Å². The fourth-order valence-corrected chi connectivity index (χ4v) is 3.77. The smallest absolute Gasteiger partial charge is 0.322 e. The Morgan fingerprint density at radius 1 is 1.24 bits per heavy atom. The van der Waals surface area contributed by atoms with E-state index in [1.54, 1.807) is 18.2 Å². The standard InChI is InChI=1S/C20H20BrFN2O5/c1-28-17-7-11-5-6-24(16(10-19(25)26)13(11)9-18(17)29-2)20(27)23-15-4-3-12(21)8-14(15)22/h3-4,7-9,16H,5-6,10H2,1-2H3,(H,23,27)(H,25,26). The molecular weight excluding hydrogens is 447 g/mol. The van der Waals surface area contributed by atoms with Crippen molar-refractivity contribution in [2.75, 3.05) is 26.1 Å². The number of nitrogens with one attached hydrogen (secondary N) is 1. The van der Waals surface area contributed by atoms with E-state index in [1.807, 2.05) is 0 Å². The summed E-state index contributed by atoms with van der Waals surface area (Å²) in [5, 5.41) is 11.9. The number of benzene rings is 2. The second kappa shape index (κ2) is 8.69. The number of amides is 2. The topological polar surface area (TPSA) is 88.1 Å². The third kappa shape index (κ3) is 4.45. The van der Waals surface area contributed by atoms with Gasteiger partial charge in [-0.1, -0.05) is 15.9 Å². The number of anilines is 1. The Kier molecular flexibility index (Phi) is 6.26. The number of carboxylic acids is 1. The van der Waals surface area contributed by atoms with Gasteiger partial charge >= 0.3 is 12.0 Å². The van der Waals surface area contributed by atoms with E-state index in [9.17, 15) is 19.1 Å². The largest absolute Gasteiger partial charge is 0.493 e. The Hall–Kier alpha value is -2.81. The fourth-order valence-electron chi connectivity index (χ4n) is 3.43. The number of methoxy groups -OCH3 is 2. The second-order valence-corrected chi connectivity index (χ2v) is 7.43. The molecule has 0 bridgehead atoms. The van der Waals surface area contributed by atoms with Crippen LogP contribution >= 0.6 is 15.9 Å². The molecule has 3 rings (SSSR count). The lowest BCUT2D eigenvalue weighted by molar-refractivity contribution is -0.138. The first kappa shape index (κ1) is 20.9. The highest BCUT2D eigenvalue weighted by atomic mass is 79.9. The summed E-state index contributed by atoms with van der Waals surface area (Å²) in [6.07, 6.45) is 0.209. The van der Waals surface area contributed by atoms with Crippen LogP contribution < -0.4 is 14.8 Å². The van der Waals surface area contributed by atoms with Gasteiger partial charge in [-0.15, -0.1) is 0 Å². The molecule has 2 N–H and O–H groups in total. The van der Waals surface area contributed by atoms with Crippen LogP contribution in [0.4, 0.5) is 14.9 Å². The van der Waals surface area contributed by atoms with E-state index >= 15 is 0 Å². The molecular formula is C20H20BrFN2O5. The van der Waals surface area contributed by atoms with Gasteiger partial charge in [0, 0.05) is 11.0 Å². The monoisotopic (exact) mass is 466 g/mol. The molecule has 0 aromatic heterocycles. The number of halogens is 2. The number of hydrogen-bond acceptors (Lipinski definition) is 4. The van der Waals surface area contributed by atoms with E-state index in [0.29, 0.717) is 28.0 Å². The maximum Gasteiger partial charge on any atom is 0.322 e. The molecule has 2 aromatic rings. The third-order valence-corrected chi connectivity index (χ3v) is 5.30. The zero-order valence-corrected chi connectivity index (χ0v) is 17.5. The molecule has 0 saturated carbocycles. The van der Waals surface area contributed by atoms with Crippen LogP contribution in [0.2, 0.25) is 0 Å². The van der Waals surface area contributed by atoms with Crippen LogP contribution in [0.5, 0.6) is 11.5 Å². The summed E-state index contributed by atoms with van der Waals surface area (Å²) < 4.78 is 25.3. The van der Waals surface area contributed by atoms with Gasteiger partial charge in [0.2, 0.25) is 0 Å². The number of hydrogen-bond donors (Lipinski definition) is 2. The van der Waals surface area contributed by atoms with Crippen molar-refractivity contribution in [3.8, 4) is 11.5 Å². The number of carboxylic acid groups (broad SMARTS) is 1. The van der Waals surface area contributed by atoms with E-state index in [0.717, 1.165) is 5.56 Å². The molecule has 1 aliphatic heterocycles. The molecule has 9 heteroatoms. The average molecular weight is 467 g/mol. The van der Waals surface area contributed by atoms with E-state index in [4.69, 9.17) is 9.47 Å². The van der Waals surface area contributed by atoms with Gasteiger partial charge < -0.3 is 24.8 Å². The third-order valence-electron chi connectivity index (χ3n) is 4.80. The summed E-state index contributed by atoms with van der Waals surface area (Å²) in [5.41, 5.74) is 1.57. The first-order valence-corrected chi connectivity index (χ1v) is 9.62. The molecule has 0 saturated heterocycles. The van der Waals surface area contributed by atoms with Gasteiger partial charge in [0.05, 0.1) is 32.4 Å². The van der Waals surface area contributed by atoms with Gasteiger partial charge in [0.15, 0.2) is 11.5 Å². The summed E-state index contributed by atoms with van der Waals surface area (Å²) in [5.74, 6) is -0.658. The van der Waals surface area contributed by atoms with Gasteiger partial charge in [0.25, 0.3) is 0 Å². The molecule has 0 aliphatic carbocycles. The van der Waals surface area contributed by atoms with E-state index in [-0.39, 0.29) is 18.7 Å². The lowest BCUT2D eigenvalue weighted by Crippen LogP contribution is -2.43. The zero-order chi connectivity index (χ0) is 21.1. The van der Waals surface area contributed by atoms with Crippen molar-refractivity contribution in [1.29, 1.82) is 0 Å². The predicted octanol–water partition coefficient (Wildman–Crippen LogP) is 4.21. The lowest BCUT2D eigenvalue weighted by Gasteiger charge is -2.37. The van der Waals surface area contributed by atoms with Crippen LogP contribution in [0.25, 0.3) is 0 Å². The van der Waals surface area contributed by atoms with Crippen molar-refractivity contribution < 1.29 is 28.6 Å². The fraction of sp³-hybridized carbons (Fsp3) is 0.300. The highest BCUT2D eigenvalue weighted by Gasteiger charge is 2.34. The molecule has 2 amide bonds. The van der Waals surface area contributed by atoms with Crippen molar-refractivity contribution in [2.45, 2.75) is 18.9 Å². The van der Waals surface area contributed by atoms with E-state index < -0.39 is 23.9 Å². The minimum Gasteiger partial charge on any atom is -0.493 e. The van der Waals surface area contributed by atoms with Crippen LogP contribution in [-0.2, 0) is 11.2 Å². The molecule has 1 heterocycles. The minimum absolute atomic E-state index is 0.0189. The highest BCUT2D eigenvalue weighted by Crippen LogP contribution is 2.39. The van der Waals surface area contributed by atoms with Crippen molar-refractivity contribution >= 4 is 33.6 Å². The lowest BCUT2D eigenvalue weighted by atomic mass is 9.90. The first-order chi connectivity index (χ1) is 13.8. The number of aliphatic carboxylic acids is 1. The molecule has 154 valence electrons. The van der Waals surface area contributed by atoms with Crippen LogP contribution in [0.15, 0.2) is 34.8 Å². The molecule has 0 radical (unpaired) electrons. The summed E-state index contributed by atoms with van der Waals surface area (Å²) in [4.78, 5) is 25.8. The van der Waals surface area contributed by atoms with Gasteiger partial charge in [-0.2, -0.15) is 0 Å². The second-order valence-electron chi connectivity index (χ2n) is 6.52. The maximum absolute atomic E-state index is 14.1.